The highest BCUT2D eigenvalue weighted by molar-refractivity contribution is 5.90. The van der Waals surface area contributed by atoms with Gasteiger partial charge in [0.2, 0.25) is 0 Å². The van der Waals surface area contributed by atoms with E-state index in [1.54, 1.807) is 24.0 Å². The van der Waals surface area contributed by atoms with Crippen molar-refractivity contribution >= 4 is 11.4 Å². The zero-order valence-electron chi connectivity index (χ0n) is 18.5. The molecule has 15 heteroatoms. The standard InChI is InChI=1S/C21H16F3N9O3/c1-31-7-4-12(29-31)18-27-28-19(35-18)20(34)32-8-5-11-16(26-10-25-11)17(32)13-9-14-15(36-21(22,23)24)3-2-6-33(14)30-13/h2-4,6-7,9-10,17H,5,8H2,1H3,(H,25,26). The third-order valence-electron chi connectivity index (χ3n) is 5.71. The van der Waals surface area contributed by atoms with Crippen molar-refractivity contribution in [3.05, 3.63) is 66.0 Å². The molecule has 36 heavy (non-hydrogen) atoms. The fourth-order valence-electron chi connectivity index (χ4n) is 4.21. The predicted octanol–water partition coefficient (Wildman–Crippen LogP) is 2.53. The van der Waals surface area contributed by atoms with E-state index in [1.165, 1.54) is 40.1 Å². The van der Waals surface area contributed by atoms with Gasteiger partial charge in [-0.1, -0.05) is 0 Å². The van der Waals surface area contributed by atoms with E-state index in [0.29, 0.717) is 23.5 Å². The molecule has 12 nitrogen and oxygen atoms in total. The zero-order valence-corrected chi connectivity index (χ0v) is 18.5. The maximum Gasteiger partial charge on any atom is 0.573 e. The number of ether oxygens (including phenoxy) is 1. The van der Waals surface area contributed by atoms with Crippen LogP contribution in [0.3, 0.4) is 0 Å². The zero-order chi connectivity index (χ0) is 25.0. The van der Waals surface area contributed by atoms with Gasteiger partial charge in [-0.15, -0.1) is 23.4 Å². The largest absolute Gasteiger partial charge is 0.573 e. The number of nitrogens with one attached hydrogen (secondary N) is 1. The van der Waals surface area contributed by atoms with Crippen LogP contribution in [-0.4, -0.2) is 63.3 Å². The van der Waals surface area contributed by atoms with Gasteiger partial charge in [-0.2, -0.15) is 10.2 Å². The highest BCUT2D eigenvalue weighted by Crippen LogP contribution is 2.36. The van der Waals surface area contributed by atoms with Gasteiger partial charge in [0.25, 0.3) is 5.89 Å². The van der Waals surface area contributed by atoms with Gasteiger partial charge < -0.3 is 19.0 Å². The van der Waals surface area contributed by atoms with Gasteiger partial charge in [0.05, 0.1) is 17.7 Å². The first kappa shape index (κ1) is 21.8. The minimum Gasteiger partial charge on any atom is -0.411 e. The Morgan fingerprint density at radius 3 is 2.86 bits per heavy atom. The van der Waals surface area contributed by atoms with Crippen molar-refractivity contribution in [3.8, 4) is 17.3 Å². The Bertz CT molecular complexity index is 1580. The van der Waals surface area contributed by atoms with E-state index in [0.717, 1.165) is 5.69 Å². The fraction of sp³-hybridized carbons (Fsp3) is 0.238. The second kappa shape index (κ2) is 7.93. The van der Waals surface area contributed by atoms with Crippen molar-refractivity contribution in [1.29, 1.82) is 0 Å². The van der Waals surface area contributed by atoms with E-state index in [-0.39, 0.29) is 23.8 Å². The molecule has 1 aliphatic rings. The molecule has 0 radical (unpaired) electrons. The number of alkyl halides is 3. The normalized spacial score (nSPS) is 15.9. The van der Waals surface area contributed by atoms with Gasteiger partial charge in [-0.05, 0) is 24.3 Å². The fourth-order valence-corrected chi connectivity index (χ4v) is 4.21. The van der Waals surface area contributed by atoms with Gasteiger partial charge in [0, 0.05) is 38.1 Å². The molecule has 5 aromatic heterocycles. The van der Waals surface area contributed by atoms with Crippen LogP contribution in [0.5, 0.6) is 5.75 Å². The van der Waals surface area contributed by atoms with Crippen LogP contribution in [0.1, 0.15) is 33.8 Å². The summed E-state index contributed by atoms with van der Waals surface area (Å²) in [6.45, 7) is 0.250. The first-order chi connectivity index (χ1) is 17.3. The summed E-state index contributed by atoms with van der Waals surface area (Å²) in [5.74, 6) is -1.18. The number of fused-ring (bicyclic) bond motifs is 2. The van der Waals surface area contributed by atoms with Crippen LogP contribution in [0.15, 0.2) is 47.4 Å². The van der Waals surface area contributed by atoms with Crippen LogP contribution in [0.2, 0.25) is 0 Å². The molecule has 6 rings (SSSR count). The molecule has 0 saturated carbocycles. The van der Waals surface area contributed by atoms with Crippen LogP contribution in [0, 0.1) is 0 Å². The van der Waals surface area contributed by atoms with Crippen molar-refractivity contribution in [3.63, 3.8) is 0 Å². The average molecular weight is 499 g/mol. The minimum atomic E-state index is -4.88. The highest BCUT2D eigenvalue weighted by atomic mass is 19.4. The molecule has 0 aliphatic carbocycles. The summed E-state index contributed by atoms with van der Waals surface area (Å²) in [6.07, 6.45) is 0.262. The summed E-state index contributed by atoms with van der Waals surface area (Å²) in [6, 6.07) is 4.85. The highest BCUT2D eigenvalue weighted by Gasteiger charge is 2.39. The summed E-state index contributed by atoms with van der Waals surface area (Å²) in [4.78, 5) is 22.3. The summed E-state index contributed by atoms with van der Waals surface area (Å²) in [7, 11) is 1.73. The SMILES string of the molecule is Cn1ccc(-c2nnc(C(=O)N3CCc4[nH]cnc4C3c3cc4c(OC(F)(F)F)cccn4n3)o2)n1. The number of amides is 1. The molecule has 1 N–H and O–H groups in total. The number of hydrogen-bond donors (Lipinski definition) is 1. The molecule has 0 bridgehead atoms. The number of aromatic amines is 1. The minimum absolute atomic E-state index is 0.0784. The van der Waals surface area contributed by atoms with E-state index in [4.69, 9.17) is 4.42 Å². The molecule has 0 saturated heterocycles. The van der Waals surface area contributed by atoms with Crippen LogP contribution >= 0.6 is 0 Å². The molecule has 1 amide bonds. The third-order valence-corrected chi connectivity index (χ3v) is 5.71. The number of halogens is 3. The van der Waals surface area contributed by atoms with E-state index < -0.39 is 24.1 Å². The lowest BCUT2D eigenvalue weighted by atomic mass is 9.99. The summed E-state index contributed by atoms with van der Waals surface area (Å²) >= 11 is 0. The van der Waals surface area contributed by atoms with E-state index in [9.17, 15) is 18.0 Å². The first-order valence-corrected chi connectivity index (χ1v) is 10.7. The van der Waals surface area contributed by atoms with Crippen molar-refractivity contribution in [2.45, 2.75) is 18.8 Å². The van der Waals surface area contributed by atoms with Crippen molar-refractivity contribution in [1.82, 2.24) is 44.5 Å². The van der Waals surface area contributed by atoms with Gasteiger partial charge >= 0.3 is 18.2 Å². The monoisotopic (exact) mass is 499 g/mol. The van der Waals surface area contributed by atoms with Gasteiger partial charge in [0.1, 0.15) is 17.3 Å². The van der Waals surface area contributed by atoms with Crippen molar-refractivity contribution < 1.29 is 27.1 Å². The Labute approximate surface area is 199 Å². The first-order valence-electron chi connectivity index (χ1n) is 10.7. The Balaban J connectivity index is 1.40. The summed E-state index contributed by atoms with van der Waals surface area (Å²) in [5, 5.41) is 16.4. The van der Waals surface area contributed by atoms with E-state index in [2.05, 4.69) is 35.1 Å². The molecule has 0 spiro atoms. The predicted molar refractivity (Wildman–Crippen MR) is 114 cm³/mol. The molecule has 1 aliphatic heterocycles. The Hall–Kier alpha value is -4.69. The number of rotatable bonds is 4. The number of aromatic nitrogens is 8. The quantitative estimate of drug-likeness (QED) is 0.399. The Morgan fingerprint density at radius 2 is 2.08 bits per heavy atom. The molecular formula is C21H16F3N9O3. The second-order valence-electron chi connectivity index (χ2n) is 8.02. The number of imidazole rings is 1. The maximum atomic E-state index is 13.5. The average Bonchev–Trinajstić information content (AvgIpc) is 3.62. The smallest absolute Gasteiger partial charge is 0.411 e. The number of nitrogens with zero attached hydrogens (tertiary/aromatic N) is 8. The lowest BCUT2D eigenvalue weighted by Gasteiger charge is -2.32. The summed E-state index contributed by atoms with van der Waals surface area (Å²) in [5.41, 5.74) is 2.08. The molecule has 1 atom stereocenters. The molecule has 184 valence electrons. The lowest BCUT2D eigenvalue weighted by molar-refractivity contribution is -0.274. The molecular weight excluding hydrogens is 483 g/mol. The number of H-pyrrole nitrogens is 1. The molecule has 0 aromatic carbocycles. The molecule has 5 aromatic rings. The second-order valence-corrected chi connectivity index (χ2v) is 8.02. The molecule has 6 heterocycles. The van der Waals surface area contributed by atoms with Crippen molar-refractivity contribution in [2.75, 3.05) is 6.54 Å². The number of carbonyl (C=O) groups excluding carboxylic acids is 1. The molecule has 0 fully saturated rings. The number of aryl methyl sites for hydroxylation is 1. The van der Waals surface area contributed by atoms with E-state index >= 15 is 0 Å². The van der Waals surface area contributed by atoms with Crippen LogP contribution in [0.4, 0.5) is 13.2 Å². The lowest BCUT2D eigenvalue weighted by Crippen LogP contribution is -2.41. The topological polar surface area (TPSA) is 132 Å². The van der Waals surface area contributed by atoms with Crippen molar-refractivity contribution in [2.24, 2.45) is 7.05 Å². The summed E-state index contributed by atoms with van der Waals surface area (Å²) < 4.78 is 51.3. The van der Waals surface area contributed by atoms with Crippen LogP contribution < -0.4 is 4.74 Å². The maximum absolute atomic E-state index is 13.5. The van der Waals surface area contributed by atoms with Gasteiger partial charge in [0.15, 0.2) is 5.75 Å². The number of pyridine rings is 1. The van der Waals surface area contributed by atoms with Crippen LogP contribution in [-0.2, 0) is 13.5 Å². The van der Waals surface area contributed by atoms with E-state index in [1.807, 2.05) is 0 Å². The van der Waals surface area contributed by atoms with Gasteiger partial charge in [-0.25, -0.2) is 9.50 Å². The Kier molecular flexibility index (Phi) is 4.80. The number of carbonyl (C=O) groups is 1. The third kappa shape index (κ3) is 3.73. The Morgan fingerprint density at radius 1 is 1.22 bits per heavy atom. The number of hydrogen-bond acceptors (Lipinski definition) is 8. The van der Waals surface area contributed by atoms with Gasteiger partial charge in [-0.3, -0.25) is 9.48 Å². The van der Waals surface area contributed by atoms with Crippen LogP contribution in [0.25, 0.3) is 17.1 Å². The molecule has 1 unspecified atom stereocenters.